The normalized spacial score (nSPS) is 19.8. The van der Waals surface area contributed by atoms with Crippen molar-refractivity contribution in [2.24, 2.45) is 0 Å². The molecule has 1 N–H and O–H groups in total. The maximum atomic E-state index is 3.56. The Labute approximate surface area is 82.1 Å². The fraction of sp³-hybridized carbons (Fsp3) is 0.250. The highest BCUT2D eigenvalue weighted by Crippen LogP contribution is 2.36. The molecule has 1 aliphatic rings. The molecule has 2 rings (SSSR count). The lowest BCUT2D eigenvalue weighted by Gasteiger charge is -2.19. The Bertz CT molecular complexity index is 299. The smallest absolute Gasteiger partial charge is 0.104 e. The molecule has 11 heavy (non-hydrogen) atoms. The van der Waals surface area contributed by atoms with Crippen LogP contribution in [0.15, 0.2) is 18.3 Å². The summed E-state index contributed by atoms with van der Waals surface area (Å²) < 4.78 is -0.0438. The molecule has 1 nitrogen and oxygen atoms in total. The lowest BCUT2D eigenvalue weighted by atomic mass is 10.1. The number of aromatic amines is 1. The number of aromatic nitrogens is 1. The van der Waals surface area contributed by atoms with Gasteiger partial charge in [0.2, 0.25) is 0 Å². The zero-order valence-corrected chi connectivity index (χ0v) is 8.94. The first-order valence-corrected chi connectivity index (χ1v) is 4.99. The minimum atomic E-state index is -0.0438. The van der Waals surface area contributed by atoms with E-state index in [2.05, 4.69) is 55.1 Å². The van der Waals surface area contributed by atoms with Gasteiger partial charge in [0.05, 0.1) is 0 Å². The van der Waals surface area contributed by atoms with E-state index < -0.39 is 0 Å². The Morgan fingerprint density at radius 3 is 3.09 bits per heavy atom. The van der Waals surface area contributed by atoms with Crippen molar-refractivity contribution >= 4 is 37.9 Å². The van der Waals surface area contributed by atoms with E-state index in [1.54, 1.807) is 0 Å². The zero-order valence-electron chi connectivity index (χ0n) is 5.77. The minimum absolute atomic E-state index is 0.0438. The summed E-state index contributed by atoms with van der Waals surface area (Å²) in [5, 5.41) is 0. The number of halogens is 2. The first-order valence-electron chi connectivity index (χ1n) is 3.41. The highest BCUT2D eigenvalue weighted by molar-refractivity contribution is 9.25. The number of allylic oxidation sites excluding steroid dienone is 1. The molecule has 0 radical (unpaired) electrons. The maximum Gasteiger partial charge on any atom is 0.104 e. The van der Waals surface area contributed by atoms with Gasteiger partial charge >= 0.3 is 0 Å². The van der Waals surface area contributed by atoms with Crippen molar-refractivity contribution in [2.75, 3.05) is 0 Å². The van der Waals surface area contributed by atoms with Crippen LogP contribution in [0.2, 0.25) is 0 Å². The third kappa shape index (κ3) is 1.44. The van der Waals surface area contributed by atoms with Crippen LogP contribution in [0, 0.1) is 0 Å². The van der Waals surface area contributed by atoms with Gasteiger partial charge in [0.25, 0.3) is 0 Å². The van der Waals surface area contributed by atoms with Crippen LogP contribution >= 0.6 is 31.9 Å². The molecule has 3 heteroatoms. The molecule has 0 spiro atoms. The average molecular weight is 277 g/mol. The number of hydrogen-bond acceptors (Lipinski definition) is 0. The highest BCUT2D eigenvalue weighted by atomic mass is 79.9. The van der Waals surface area contributed by atoms with Gasteiger partial charge in [-0.3, -0.25) is 0 Å². The second-order valence-electron chi connectivity index (χ2n) is 2.68. The molecular formula is C8H7Br2N. The largest absolute Gasteiger partial charge is 0.364 e. The number of nitrogens with one attached hydrogen (secondary N) is 1. The van der Waals surface area contributed by atoms with Gasteiger partial charge in [0.1, 0.15) is 3.23 Å². The van der Waals surface area contributed by atoms with Gasteiger partial charge in [-0.25, -0.2) is 0 Å². The first kappa shape index (κ1) is 7.62. The molecule has 0 aromatic carbocycles. The zero-order chi connectivity index (χ0) is 7.90. The molecule has 58 valence electrons. The van der Waals surface area contributed by atoms with E-state index in [1.807, 2.05) is 6.20 Å². The van der Waals surface area contributed by atoms with Crippen LogP contribution in [0.25, 0.3) is 6.08 Å². The van der Waals surface area contributed by atoms with Crippen molar-refractivity contribution in [3.8, 4) is 0 Å². The van der Waals surface area contributed by atoms with Crippen LogP contribution < -0.4 is 0 Å². The molecule has 0 amide bonds. The third-order valence-corrected chi connectivity index (χ3v) is 2.88. The summed E-state index contributed by atoms with van der Waals surface area (Å²) in [6.07, 6.45) is 7.16. The van der Waals surface area contributed by atoms with E-state index in [9.17, 15) is 0 Å². The second-order valence-corrected chi connectivity index (χ2v) is 6.58. The molecule has 0 fully saturated rings. The topological polar surface area (TPSA) is 15.8 Å². The quantitative estimate of drug-likeness (QED) is 0.701. The Morgan fingerprint density at radius 2 is 2.27 bits per heavy atom. The van der Waals surface area contributed by atoms with Gasteiger partial charge in [-0.05, 0) is 11.6 Å². The van der Waals surface area contributed by atoms with E-state index >= 15 is 0 Å². The Morgan fingerprint density at radius 1 is 1.45 bits per heavy atom. The predicted molar refractivity (Wildman–Crippen MR) is 54.1 cm³/mol. The summed E-state index contributed by atoms with van der Waals surface area (Å²) in [7, 11) is 0. The molecule has 0 saturated carbocycles. The average Bonchev–Trinajstić information content (AvgIpc) is 2.31. The lowest BCUT2D eigenvalue weighted by Crippen LogP contribution is -2.15. The molecule has 1 aromatic heterocycles. The van der Waals surface area contributed by atoms with Crippen molar-refractivity contribution in [1.82, 2.24) is 4.98 Å². The number of rotatable bonds is 0. The Balaban J connectivity index is 2.44. The molecule has 1 aromatic rings. The summed E-state index contributed by atoms with van der Waals surface area (Å²) in [4.78, 5) is 3.20. The van der Waals surface area contributed by atoms with Gasteiger partial charge in [0.15, 0.2) is 0 Å². The fourth-order valence-corrected chi connectivity index (χ4v) is 2.06. The van der Waals surface area contributed by atoms with E-state index in [1.165, 1.54) is 11.3 Å². The van der Waals surface area contributed by atoms with Crippen LogP contribution in [0.1, 0.15) is 11.3 Å². The van der Waals surface area contributed by atoms with E-state index in [0.29, 0.717) is 0 Å². The van der Waals surface area contributed by atoms with Crippen LogP contribution in [0.4, 0.5) is 0 Å². The number of H-pyrrole nitrogens is 1. The van der Waals surface area contributed by atoms with Crippen molar-refractivity contribution in [2.45, 2.75) is 9.65 Å². The third-order valence-electron chi connectivity index (χ3n) is 1.79. The molecule has 0 atom stereocenters. The van der Waals surface area contributed by atoms with Crippen molar-refractivity contribution in [3.63, 3.8) is 0 Å². The highest BCUT2D eigenvalue weighted by Gasteiger charge is 2.24. The maximum absolute atomic E-state index is 3.56. The van der Waals surface area contributed by atoms with Gasteiger partial charge in [0, 0.05) is 18.3 Å². The summed E-state index contributed by atoms with van der Waals surface area (Å²) in [5.74, 6) is 0. The van der Waals surface area contributed by atoms with Crippen LogP contribution in [-0.4, -0.2) is 8.22 Å². The number of fused-ring (bicyclic) bond motifs is 1. The molecule has 0 bridgehead atoms. The first-order chi connectivity index (χ1) is 5.17. The van der Waals surface area contributed by atoms with Crippen molar-refractivity contribution < 1.29 is 0 Å². The summed E-state index contributed by atoms with van der Waals surface area (Å²) in [6, 6.07) is 2.08. The molecule has 0 unspecified atom stereocenters. The van der Waals surface area contributed by atoms with Gasteiger partial charge < -0.3 is 4.98 Å². The van der Waals surface area contributed by atoms with Crippen LogP contribution in [0.3, 0.4) is 0 Å². The minimum Gasteiger partial charge on any atom is -0.364 e. The summed E-state index contributed by atoms with van der Waals surface area (Å²) in [5.41, 5.74) is 2.57. The fourth-order valence-electron chi connectivity index (χ4n) is 1.23. The van der Waals surface area contributed by atoms with Gasteiger partial charge in [-0.1, -0.05) is 44.0 Å². The van der Waals surface area contributed by atoms with Crippen molar-refractivity contribution in [3.05, 3.63) is 29.6 Å². The van der Waals surface area contributed by atoms with E-state index in [0.717, 1.165) is 6.42 Å². The molecule has 0 aliphatic heterocycles. The molecule has 1 heterocycles. The van der Waals surface area contributed by atoms with Crippen LogP contribution in [-0.2, 0) is 6.42 Å². The Hall–Kier alpha value is -0.0200. The number of alkyl halides is 2. The Kier molecular flexibility index (Phi) is 1.72. The summed E-state index contributed by atoms with van der Waals surface area (Å²) >= 11 is 7.11. The van der Waals surface area contributed by atoms with E-state index in [-0.39, 0.29) is 3.23 Å². The second kappa shape index (κ2) is 2.49. The van der Waals surface area contributed by atoms with E-state index in [4.69, 9.17) is 0 Å². The molecule has 0 saturated heterocycles. The molecule has 1 aliphatic carbocycles. The summed E-state index contributed by atoms with van der Waals surface area (Å²) in [6.45, 7) is 0. The monoisotopic (exact) mass is 275 g/mol. The standard InChI is InChI=1S/C8H7Br2N/c9-8(10)3-1-6-2-4-11-7(6)5-8/h1-4,11H,5H2. The molecular weight excluding hydrogens is 270 g/mol. The lowest BCUT2D eigenvalue weighted by molar-refractivity contribution is 0.939. The number of hydrogen-bond donors (Lipinski definition) is 1. The SMILES string of the molecule is BrC1(Br)C=Cc2cc[nH]c2C1. The van der Waals surface area contributed by atoms with Gasteiger partial charge in [-0.2, -0.15) is 0 Å². The van der Waals surface area contributed by atoms with Gasteiger partial charge in [-0.15, -0.1) is 0 Å². The van der Waals surface area contributed by atoms with Crippen molar-refractivity contribution in [1.29, 1.82) is 0 Å². The predicted octanol–water partition coefficient (Wildman–Crippen LogP) is 3.07. The van der Waals surface area contributed by atoms with Crippen LogP contribution in [0.5, 0.6) is 0 Å².